The molecule has 4 aromatic carbocycles. The van der Waals surface area contributed by atoms with Crippen LogP contribution in [0.15, 0.2) is 96.6 Å². The fourth-order valence-electron chi connectivity index (χ4n) is 5.18. The number of carbonyl (C=O) groups excluding carboxylic acids is 2. The smallest absolute Gasteiger partial charge is 0.197 e. The lowest BCUT2D eigenvalue weighted by Crippen LogP contribution is -2.04. The van der Waals surface area contributed by atoms with Crippen LogP contribution >= 0.6 is 0 Å². The molecule has 1 aliphatic carbocycles. The molecular formula is C32H22N4O2. The number of rotatable bonds is 3. The van der Waals surface area contributed by atoms with Gasteiger partial charge in [0, 0.05) is 29.4 Å². The molecule has 0 saturated heterocycles. The number of fused-ring (bicyclic) bond motifs is 3. The summed E-state index contributed by atoms with van der Waals surface area (Å²) in [5.74, 6) is 0.707. The summed E-state index contributed by atoms with van der Waals surface area (Å²) >= 11 is 0. The van der Waals surface area contributed by atoms with Gasteiger partial charge in [0.25, 0.3) is 0 Å². The van der Waals surface area contributed by atoms with E-state index >= 15 is 0 Å². The van der Waals surface area contributed by atoms with Crippen LogP contribution in [-0.4, -0.2) is 30.7 Å². The van der Waals surface area contributed by atoms with E-state index in [0.717, 1.165) is 27.8 Å². The first-order chi connectivity index (χ1) is 18.5. The van der Waals surface area contributed by atoms with Gasteiger partial charge in [0.2, 0.25) is 0 Å². The Hall–Kier alpha value is -5.10. The standard InChI is InChI=1S/C32H22N4O2/c1-19-12-14-20(15-13-19)30-34-32-31(35(30)2)33-27(36(32)23-10-4-3-5-11-23)18-26-28(37)24-16-21-8-6-7-9-22(21)17-25(24)29(26)38/h3-18H,1-2H3. The molecule has 0 spiro atoms. The Morgan fingerprint density at radius 1 is 0.711 bits per heavy atom. The Morgan fingerprint density at radius 2 is 1.32 bits per heavy atom. The monoisotopic (exact) mass is 494 g/mol. The van der Waals surface area contributed by atoms with Gasteiger partial charge in [0.15, 0.2) is 22.9 Å². The van der Waals surface area contributed by atoms with Gasteiger partial charge in [-0.05, 0) is 48.0 Å². The van der Waals surface area contributed by atoms with Gasteiger partial charge in [-0.2, -0.15) is 0 Å². The molecular weight excluding hydrogens is 472 g/mol. The Balaban J connectivity index is 1.42. The van der Waals surface area contributed by atoms with Gasteiger partial charge in [0.05, 0.1) is 5.57 Å². The van der Waals surface area contributed by atoms with E-state index in [1.807, 2.05) is 82.9 Å². The third-order valence-electron chi connectivity index (χ3n) is 7.17. The molecule has 6 nitrogen and oxygen atoms in total. The minimum atomic E-state index is -0.282. The zero-order valence-electron chi connectivity index (χ0n) is 20.8. The molecule has 6 heteroatoms. The van der Waals surface area contributed by atoms with Gasteiger partial charge in [-0.25, -0.2) is 9.97 Å². The quantitative estimate of drug-likeness (QED) is 0.212. The number of hydrogen-bond acceptors (Lipinski definition) is 4. The molecule has 0 amide bonds. The number of imidazole rings is 2. The van der Waals surface area contributed by atoms with Crippen molar-refractivity contribution in [3.8, 4) is 17.1 Å². The first-order valence-corrected chi connectivity index (χ1v) is 12.4. The minimum absolute atomic E-state index is 0.113. The lowest BCUT2D eigenvalue weighted by molar-refractivity contribution is 0.0990. The van der Waals surface area contributed by atoms with Gasteiger partial charge in [0.1, 0.15) is 11.6 Å². The largest absolute Gasteiger partial charge is 0.310 e. The van der Waals surface area contributed by atoms with Crippen molar-refractivity contribution < 1.29 is 9.59 Å². The van der Waals surface area contributed by atoms with E-state index in [9.17, 15) is 9.59 Å². The molecule has 0 N–H and O–H groups in total. The number of hydrogen-bond donors (Lipinski definition) is 0. The number of carbonyl (C=O) groups is 2. The van der Waals surface area contributed by atoms with Crippen molar-refractivity contribution in [2.45, 2.75) is 6.92 Å². The van der Waals surface area contributed by atoms with E-state index in [4.69, 9.17) is 9.97 Å². The molecule has 38 heavy (non-hydrogen) atoms. The Kier molecular flexibility index (Phi) is 4.78. The number of Topliss-reactive ketones (excluding diaryl/α,β-unsaturated/α-hetero) is 2. The topological polar surface area (TPSA) is 69.8 Å². The van der Waals surface area contributed by atoms with E-state index in [1.165, 1.54) is 5.56 Å². The zero-order chi connectivity index (χ0) is 26.0. The molecule has 0 bridgehead atoms. The highest BCUT2D eigenvalue weighted by Crippen LogP contribution is 2.33. The summed E-state index contributed by atoms with van der Waals surface area (Å²) in [4.78, 5) is 36.7. The lowest BCUT2D eigenvalue weighted by Gasteiger charge is -2.06. The molecule has 0 atom stereocenters. The average Bonchev–Trinajstić information content (AvgIpc) is 3.53. The number of nitrogens with zero attached hydrogens (tertiary/aromatic N) is 4. The van der Waals surface area contributed by atoms with Crippen LogP contribution in [0.1, 0.15) is 32.1 Å². The number of aromatic nitrogens is 4. The minimum Gasteiger partial charge on any atom is -0.310 e. The van der Waals surface area contributed by atoms with Crippen molar-refractivity contribution in [2.75, 3.05) is 0 Å². The van der Waals surface area contributed by atoms with Crippen LogP contribution in [0, 0.1) is 6.92 Å². The molecule has 2 heterocycles. The second kappa shape index (κ2) is 8.21. The van der Waals surface area contributed by atoms with Crippen LogP contribution in [0.4, 0.5) is 0 Å². The molecule has 0 radical (unpaired) electrons. The Labute approximate surface area is 218 Å². The van der Waals surface area contributed by atoms with Crippen molar-refractivity contribution in [2.24, 2.45) is 7.05 Å². The predicted molar refractivity (Wildman–Crippen MR) is 149 cm³/mol. The van der Waals surface area contributed by atoms with Crippen molar-refractivity contribution in [3.05, 3.63) is 119 Å². The summed E-state index contributed by atoms with van der Waals surface area (Å²) in [6, 6.07) is 29.3. The number of para-hydroxylation sites is 1. The first kappa shape index (κ1) is 22.1. The number of benzene rings is 4. The molecule has 0 unspecified atom stereocenters. The summed E-state index contributed by atoms with van der Waals surface area (Å²) in [6.45, 7) is 2.05. The van der Waals surface area contributed by atoms with Crippen molar-refractivity contribution >= 4 is 39.7 Å². The van der Waals surface area contributed by atoms with Crippen molar-refractivity contribution in [1.82, 2.24) is 19.1 Å². The fraction of sp³-hybridized carbons (Fsp3) is 0.0625. The highest BCUT2D eigenvalue weighted by Gasteiger charge is 2.34. The summed E-state index contributed by atoms with van der Waals surface area (Å²) in [7, 11) is 1.93. The van der Waals surface area contributed by atoms with Crippen LogP contribution in [0.5, 0.6) is 0 Å². The predicted octanol–water partition coefficient (Wildman–Crippen LogP) is 6.35. The second-order valence-corrected chi connectivity index (χ2v) is 9.61. The van der Waals surface area contributed by atoms with Crippen LogP contribution < -0.4 is 0 Å². The molecule has 0 aliphatic heterocycles. The maximum Gasteiger partial charge on any atom is 0.197 e. The van der Waals surface area contributed by atoms with Gasteiger partial charge < -0.3 is 4.57 Å². The van der Waals surface area contributed by atoms with E-state index in [-0.39, 0.29) is 17.1 Å². The van der Waals surface area contributed by atoms with E-state index in [1.54, 1.807) is 18.2 Å². The molecule has 7 rings (SSSR count). The lowest BCUT2D eigenvalue weighted by atomic mass is 10.0. The summed E-state index contributed by atoms with van der Waals surface area (Å²) < 4.78 is 3.85. The number of aryl methyl sites for hydroxylation is 2. The molecule has 1 aliphatic rings. The number of ketones is 2. The first-order valence-electron chi connectivity index (χ1n) is 12.4. The van der Waals surface area contributed by atoms with Crippen molar-refractivity contribution in [1.29, 1.82) is 0 Å². The molecule has 6 aromatic rings. The van der Waals surface area contributed by atoms with Gasteiger partial charge >= 0.3 is 0 Å². The normalized spacial score (nSPS) is 13.1. The summed E-state index contributed by atoms with van der Waals surface area (Å²) in [5.41, 5.74) is 5.30. The van der Waals surface area contributed by atoms with Gasteiger partial charge in [-0.15, -0.1) is 0 Å². The van der Waals surface area contributed by atoms with E-state index in [0.29, 0.717) is 28.2 Å². The third kappa shape index (κ3) is 3.27. The van der Waals surface area contributed by atoms with Crippen molar-refractivity contribution in [3.63, 3.8) is 0 Å². The maximum atomic E-state index is 13.4. The fourth-order valence-corrected chi connectivity index (χ4v) is 5.18. The van der Waals surface area contributed by atoms with E-state index in [2.05, 4.69) is 19.1 Å². The Morgan fingerprint density at radius 3 is 1.95 bits per heavy atom. The molecule has 0 saturated carbocycles. The summed E-state index contributed by atoms with van der Waals surface area (Å²) in [6.07, 6.45) is 1.61. The highest BCUT2D eigenvalue weighted by molar-refractivity contribution is 6.42. The average molecular weight is 495 g/mol. The number of allylic oxidation sites excluding steroid dienone is 1. The molecule has 0 fully saturated rings. The van der Waals surface area contributed by atoms with Crippen LogP contribution in [-0.2, 0) is 7.05 Å². The Bertz CT molecular complexity index is 1900. The molecule has 182 valence electrons. The summed E-state index contributed by atoms with van der Waals surface area (Å²) in [5, 5.41) is 1.86. The third-order valence-corrected chi connectivity index (χ3v) is 7.17. The second-order valence-electron chi connectivity index (χ2n) is 9.61. The van der Waals surface area contributed by atoms with Crippen LogP contribution in [0.2, 0.25) is 0 Å². The SMILES string of the molecule is Cc1ccc(-c2nc3c(nc(C=C4C(=O)c5cc6ccccc6cc5C4=O)n3-c3ccccc3)n2C)cc1. The van der Waals surface area contributed by atoms with Crippen LogP contribution in [0.3, 0.4) is 0 Å². The van der Waals surface area contributed by atoms with Crippen LogP contribution in [0.25, 0.3) is 45.2 Å². The zero-order valence-corrected chi connectivity index (χ0v) is 20.8. The maximum absolute atomic E-state index is 13.4. The van der Waals surface area contributed by atoms with E-state index < -0.39 is 0 Å². The highest BCUT2D eigenvalue weighted by atomic mass is 16.2. The molecule has 2 aromatic heterocycles. The van der Waals surface area contributed by atoms with Gasteiger partial charge in [-0.1, -0.05) is 72.3 Å². The van der Waals surface area contributed by atoms with Gasteiger partial charge in [-0.3, -0.25) is 14.2 Å².